The molecule has 1 fully saturated rings. The molecule has 1 nitrogen and oxygen atoms in total. The van der Waals surface area contributed by atoms with Gasteiger partial charge in [-0.2, -0.15) is 0 Å². The Kier molecular flexibility index (Phi) is 3.69. The van der Waals surface area contributed by atoms with Crippen LogP contribution in [0.2, 0.25) is 0 Å². The van der Waals surface area contributed by atoms with Gasteiger partial charge in [0.25, 0.3) is 0 Å². The fourth-order valence-electron chi connectivity index (χ4n) is 3.11. The Labute approximate surface area is 115 Å². The first kappa shape index (κ1) is 11.9. The van der Waals surface area contributed by atoms with Gasteiger partial charge in [0.2, 0.25) is 0 Å². The molecule has 1 aromatic rings. The van der Waals surface area contributed by atoms with Crippen LogP contribution in [0, 0.1) is 17.8 Å². The molecule has 92 valence electrons. The van der Waals surface area contributed by atoms with Crippen molar-refractivity contribution in [3.63, 3.8) is 0 Å². The van der Waals surface area contributed by atoms with Gasteiger partial charge in [0.05, 0.1) is 3.79 Å². The van der Waals surface area contributed by atoms with Crippen LogP contribution in [0.3, 0.4) is 0 Å². The minimum Gasteiger partial charge on any atom is -0.316 e. The summed E-state index contributed by atoms with van der Waals surface area (Å²) in [6.07, 6.45) is 8.86. The van der Waals surface area contributed by atoms with Crippen LogP contribution in [-0.2, 0) is 6.42 Å². The smallest absolute Gasteiger partial charge is 0.0701 e. The molecule has 0 aliphatic heterocycles. The van der Waals surface area contributed by atoms with E-state index in [9.17, 15) is 0 Å². The van der Waals surface area contributed by atoms with E-state index in [2.05, 4.69) is 45.5 Å². The van der Waals surface area contributed by atoms with Crippen molar-refractivity contribution in [2.45, 2.75) is 19.3 Å². The first-order valence-corrected chi connectivity index (χ1v) is 8.05. The number of thiophene rings is 1. The summed E-state index contributed by atoms with van der Waals surface area (Å²) in [6, 6.07) is 4.36. The molecule has 0 amide bonds. The summed E-state index contributed by atoms with van der Waals surface area (Å²) in [7, 11) is 0. The summed E-state index contributed by atoms with van der Waals surface area (Å²) in [5.74, 6) is 2.68. The molecule has 2 bridgehead atoms. The molecule has 0 saturated heterocycles. The highest BCUT2D eigenvalue weighted by Gasteiger charge is 2.34. The van der Waals surface area contributed by atoms with E-state index in [0.29, 0.717) is 0 Å². The number of nitrogens with one attached hydrogen (secondary N) is 1. The lowest BCUT2D eigenvalue weighted by atomic mass is 9.94. The second kappa shape index (κ2) is 5.25. The van der Waals surface area contributed by atoms with Crippen molar-refractivity contribution in [3.05, 3.63) is 32.9 Å². The Morgan fingerprint density at radius 1 is 1.29 bits per heavy atom. The zero-order valence-corrected chi connectivity index (χ0v) is 12.3. The van der Waals surface area contributed by atoms with Crippen molar-refractivity contribution in [1.29, 1.82) is 0 Å². The first-order valence-electron chi connectivity index (χ1n) is 6.44. The average Bonchev–Trinajstić information content (AvgIpc) is 3.00. The van der Waals surface area contributed by atoms with E-state index in [1.54, 1.807) is 0 Å². The summed E-state index contributed by atoms with van der Waals surface area (Å²) in [5, 5.41) is 3.63. The van der Waals surface area contributed by atoms with Gasteiger partial charge >= 0.3 is 0 Å². The molecule has 17 heavy (non-hydrogen) atoms. The van der Waals surface area contributed by atoms with Crippen molar-refractivity contribution in [2.24, 2.45) is 17.8 Å². The molecule has 1 N–H and O–H groups in total. The predicted molar refractivity (Wildman–Crippen MR) is 77.4 cm³/mol. The lowest BCUT2D eigenvalue weighted by Gasteiger charge is -2.18. The molecule has 3 heteroatoms. The lowest BCUT2D eigenvalue weighted by Crippen LogP contribution is -2.27. The van der Waals surface area contributed by atoms with Crippen LogP contribution in [0.1, 0.15) is 17.7 Å². The van der Waals surface area contributed by atoms with E-state index in [0.717, 1.165) is 30.7 Å². The number of halogens is 1. The van der Waals surface area contributed by atoms with Crippen molar-refractivity contribution in [3.8, 4) is 0 Å². The SMILES string of the molecule is Brc1ccc(CCNCC2CC3C=CC2C3)s1. The normalized spacial score (nSPS) is 30.3. The highest BCUT2D eigenvalue weighted by molar-refractivity contribution is 9.11. The fraction of sp³-hybridized carbons (Fsp3) is 0.571. The molecule has 0 spiro atoms. The van der Waals surface area contributed by atoms with Gasteiger partial charge in [-0.15, -0.1) is 11.3 Å². The first-order chi connectivity index (χ1) is 8.31. The largest absolute Gasteiger partial charge is 0.316 e. The molecule has 3 rings (SSSR count). The molecule has 1 heterocycles. The third-order valence-electron chi connectivity index (χ3n) is 4.00. The second-order valence-electron chi connectivity index (χ2n) is 5.20. The van der Waals surface area contributed by atoms with Crippen molar-refractivity contribution in [1.82, 2.24) is 5.32 Å². The maximum absolute atomic E-state index is 3.63. The topological polar surface area (TPSA) is 12.0 Å². The highest BCUT2D eigenvalue weighted by Crippen LogP contribution is 2.42. The van der Waals surface area contributed by atoms with Crippen LogP contribution in [0.25, 0.3) is 0 Å². The van der Waals surface area contributed by atoms with Crippen molar-refractivity contribution >= 4 is 27.3 Å². The molecule has 1 saturated carbocycles. The van der Waals surface area contributed by atoms with Gasteiger partial charge in [-0.3, -0.25) is 0 Å². The zero-order chi connectivity index (χ0) is 11.7. The van der Waals surface area contributed by atoms with Gasteiger partial charge in [-0.25, -0.2) is 0 Å². The van der Waals surface area contributed by atoms with E-state index in [1.807, 2.05) is 11.3 Å². The van der Waals surface area contributed by atoms with Gasteiger partial charge in [0.1, 0.15) is 0 Å². The van der Waals surface area contributed by atoms with Crippen LogP contribution in [0.15, 0.2) is 28.1 Å². The third kappa shape index (κ3) is 2.83. The summed E-state index contributed by atoms with van der Waals surface area (Å²) >= 11 is 5.36. The Morgan fingerprint density at radius 2 is 2.24 bits per heavy atom. The number of fused-ring (bicyclic) bond motifs is 2. The van der Waals surface area contributed by atoms with Crippen LogP contribution >= 0.6 is 27.3 Å². The van der Waals surface area contributed by atoms with Crippen LogP contribution < -0.4 is 5.32 Å². The molecule has 3 unspecified atom stereocenters. The van der Waals surface area contributed by atoms with Gasteiger partial charge in [0.15, 0.2) is 0 Å². The molecule has 2 aliphatic rings. The Morgan fingerprint density at radius 3 is 2.88 bits per heavy atom. The zero-order valence-electron chi connectivity index (χ0n) is 9.86. The summed E-state index contributed by atoms with van der Waals surface area (Å²) in [5.41, 5.74) is 0. The van der Waals surface area contributed by atoms with E-state index in [1.165, 1.54) is 28.0 Å². The van der Waals surface area contributed by atoms with Gasteiger partial charge in [0, 0.05) is 4.88 Å². The van der Waals surface area contributed by atoms with Gasteiger partial charge < -0.3 is 5.32 Å². The summed E-state index contributed by atoms with van der Waals surface area (Å²) in [6.45, 7) is 2.32. The van der Waals surface area contributed by atoms with Gasteiger partial charge in [-0.1, -0.05) is 12.2 Å². The summed E-state index contributed by atoms with van der Waals surface area (Å²) in [4.78, 5) is 1.47. The maximum Gasteiger partial charge on any atom is 0.0701 e. The van der Waals surface area contributed by atoms with E-state index in [4.69, 9.17) is 0 Å². The molecule has 0 radical (unpaired) electrons. The van der Waals surface area contributed by atoms with Crippen LogP contribution in [0.5, 0.6) is 0 Å². The Balaban J connectivity index is 1.37. The molecule has 2 aliphatic carbocycles. The Hall–Kier alpha value is -0.120. The van der Waals surface area contributed by atoms with Crippen LogP contribution in [0.4, 0.5) is 0 Å². The van der Waals surface area contributed by atoms with Crippen LogP contribution in [-0.4, -0.2) is 13.1 Å². The van der Waals surface area contributed by atoms with Gasteiger partial charge in [-0.05, 0) is 78.2 Å². The fourth-order valence-corrected chi connectivity index (χ4v) is 4.60. The minimum atomic E-state index is 0.878. The highest BCUT2D eigenvalue weighted by atomic mass is 79.9. The van der Waals surface area contributed by atoms with E-state index in [-0.39, 0.29) is 0 Å². The molecular formula is C14H18BrNS. The number of rotatable bonds is 5. The predicted octanol–water partition coefficient (Wildman–Crippen LogP) is 3.85. The lowest BCUT2D eigenvalue weighted by molar-refractivity contribution is 0.416. The van der Waals surface area contributed by atoms with E-state index < -0.39 is 0 Å². The monoisotopic (exact) mass is 311 g/mol. The quantitative estimate of drug-likeness (QED) is 0.643. The minimum absolute atomic E-state index is 0.878. The molecule has 0 aromatic carbocycles. The molecule has 3 atom stereocenters. The number of allylic oxidation sites excluding steroid dienone is 2. The number of hydrogen-bond acceptors (Lipinski definition) is 2. The molecule has 1 aromatic heterocycles. The van der Waals surface area contributed by atoms with E-state index >= 15 is 0 Å². The molecular weight excluding hydrogens is 294 g/mol. The van der Waals surface area contributed by atoms with Crippen molar-refractivity contribution in [2.75, 3.05) is 13.1 Å². The average molecular weight is 312 g/mol. The standard InChI is InChI=1S/C14H18BrNS/c15-14-4-3-13(17-14)5-6-16-9-12-8-10-1-2-11(12)7-10/h1-4,10-12,16H,5-9H2. The maximum atomic E-state index is 3.63. The van der Waals surface area contributed by atoms with Crippen molar-refractivity contribution < 1.29 is 0 Å². The Bertz CT molecular complexity index is 412. The number of hydrogen-bond donors (Lipinski definition) is 1. The second-order valence-corrected chi connectivity index (χ2v) is 7.75. The third-order valence-corrected chi connectivity index (χ3v) is 5.68. The summed E-state index contributed by atoms with van der Waals surface area (Å²) < 4.78 is 1.24.